The van der Waals surface area contributed by atoms with Crippen LogP contribution in [-0.4, -0.2) is 49.6 Å². The van der Waals surface area contributed by atoms with Gasteiger partial charge in [-0.3, -0.25) is 4.55 Å². The number of halogens is 1. The lowest BCUT2D eigenvalue weighted by Gasteiger charge is -2.18. The topological polar surface area (TPSA) is 169 Å². The zero-order chi connectivity index (χ0) is 26.4. The van der Waals surface area contributed by atoms with Gasteiger partial charge in [-0.15, -0.1) is 14.5 Å². The molecule has 1 aliphatic heterocycles. The lowest BCUT2D eigenvalue weighted by molar-refractivity contribution is -0.432. The summed E-state index contributed by atoms with van der Waals surface area (Å²) in [5, 5.41) is 34.9. The number of nitrogens with zero attached hydrogens (tertiary/aromatic N) is 5. The van der Waals surface area contributed by atoms with Crippen molar-refractivity contribution in [1.29, 1.82) is 0 Å². The van der Waals surface area contributed by atoms with Gasteiger partial charge < -0.3 is 5.11 Å². The van der Waals surface area contributed by atoms with Gasteiger partial charge in [0.25, 0.3) is 10.1 Å². The van der Waals surface area contributed by atoms with Gasteiger partial charge in [0, 0.05) is 15.9 Å². The summed E-state index contributed by atoms with van der Waals surface area (Å²) >= 11 is 6.82. The van der Waals surface area contributed by atoms with Crippen LogP contribution in [-0.2, 0) is 19.5 Å². The van der Waals surface area contributed by atoms with E-state index in [0.29, 0.717) is 28.0 Å². The summed E-state index contributed by atoms with van der Waals surface area (Å²) in [4.78, 5) is 4.44. The number of phenols is 1. The molecule has 0 bridgehead atoms. The van der Waals surface area contributed by atoms with E-state index in [1.807, 2.05) is 27.7 Å². The third-order valence-corrected chi connectivity index (χ3v) is 6.85. The summed E-state index contributed by atoms with van der Waals surface area (Å²) in [6, 6.07) is 7.59. The number of hydrogen-bond donors (Lipinski definition) is 3. The fraction of sp³-hybridized carbons (Fsp3) is 0.238. The third-order valence-electron chi connectivity index (χ3n) is 5.12. The number of fused-ring (bicyclic) bond motifs is 1. The number of hydrogen-bond acceptors (Lipinski definition) is 11. The van der Waals surface area contributed by atoms with Crippen molar-refractivity contribution in [2.75, 3.05) is 0 Å². The molecule has 1 aliphatic rings. The molecule has 36 heavy (non-hydrogen) atoms. The highest BCUT2D eigenvalue weighted by Gasteiger charge is 2.36. The fourth-order valence-corrected chi connectivity index (χ4v) is 4.85. The second-order valence-corrected chi connectivity index (χ2v) is 11.3. The van der Waals surface area contributed by atoms with Crippen molar-refractivity contribution in [3.8, 4) is 17.1 Å². The molecule has 0 radical (unpaired) electrons. The molecule has 12 nitrogen and oxygen atoms in total. The first-order valence-corrected chi connectivity index (χ1v) is 12.8. The van der Waals surface area contributed by atoms with Gasteiger partial charge in [0.05, 0.1) is 28.5 Å². The van der Waals surface area contributed by atoms with Crippen LogP contribution in [0.3, 0.4) is 0 Å². The van der Waals surface area contributed by atoms with Crippen LogP contribution in [0.25, 0.3) is 11.4 Å². The van der Waals surface area contributed by atoms with Crippen LogP contribution >= 0.6 is 23.6 Å². The smallest absolute Gasteiger partial charge is 0.298 e. The molecule has 4 rings (SSSR count). The van der Waals surface area contributed by atoms with Gasteiger partial charge in [-0.25, -0.2) is 10.2 Å². The minimum atomic E-state index is -4.76. The van der Waals surface area contributed by atoms with Crippen molar-refractivity contribution in [1.82, 2.24) is 14.9 Å². The Kier molecular flexibility index (Phi) is 6.96. The number of rotatable bonds is 6. The number of aliphatic imine (C=N–C) groups is 1. The molecule has 1 aromatic heterocycles. The third kappa shape index (κ3) is 5.01. The maximum Gasteiger partial charge on any atom is 0.298 e. The van der Waals surface area contributed by atoms with Gasteiger partial charge in [-0.05, 0) is 42.8 Å². The average Bonchev–Trinajstić information content (AvgIpc) is 3.34. The molecule has 15 heteroatoms. The highest BCUT2D eigenvalue weighted by molar-refractivity contribution is 7.94. The monoisotopic (exact) mass is 553 g/mol. The Labute approximate surface area is 215 Å². The molecule has 0 saturated carbocycles. The number of aryl methyl sites for hydroxylation is 1. The molecular formula is C21H20ClN5O7S2. The fourth-order valence-electron chi connectivity index (χ4n) is 3.50. The second kappa shape index (κ2) is 9.55. The summed E-state index contributed by atoms with van der Waals surface area (Å²) in [5.74, 6) is -0.0344. The molecule has 0 fully saturated rings. The van der Waals surface area contributed by atoms with E-state index in [2.05, 4.69) is 24.6 Å². The largest absolute Gasteiger partial charge is 0.505 e. The number of aromatic nitrogens is 3. The van der Waals surface area contributed by atoms with Crippen molar-refractivity contribution in [3.63, 3.8) is 0 Å². The summed E-state index contributed by atoms with van der Waals surface area (Å²) in [6.07, 6.45) is 0. The molecule has 2 heterocycles. The molecule has 190 valence electrons. The van der Waals surface area contributed by atoms with Crippen molar-refractivity contribution in [3.05, 3.63) is 46.7 Å². The van der Waals surface area contributed by atoms with Crippen LogP contribution in [0.15, 0.2) is 50.2 Å². The van der Waals surface area contributed by atoms with E-state index in [-0.39, 0.29) is 10.7 Å². The normalized spacial score (nSPS) is 14.9. The van der Waals surface area contributed by atoms with Crippen molar-refractivity contribution in [2.24, 2.45) is 15.5 Å². The van der Waals surface area contributed by atoms with Gasteiger partial charge in [0.1, 0.15) is 10.6 Å². The Morgan fingerprint density at radius 3 is 2.44 bits per heavy atom. The summed E-state index contributed by atoms with van der Waals surface area (Å²) in [6.45, 7) is 7.63. The summed E-state index contributed by atoms with van der Waals surface area (Å²) < 4.78 is 38.9. The van der Waals surface area contributed by atoms with Crippen LogP contribution in [0.4, 0.5) is 5.69 Å². The zero-order valence-electron chi connectivity index (χ0n) is 19.3. The van der Waals surface area contributed by atoms with E-state index in [1.54, 1.807) is 18.2 Å². The summed E-state index contributed by atoms with van der Waals surface area (Å²) in [5.41, 5.74) is 1.97. The van der Waals surface area contributed by atoms with Gasteiger partial charge in [-0.2, -0.15) is 18.2 Å². The maximum atomic E-state index is 11.7. The lowest BCUT2D eigenvalue weighted by Crippen LogP contribution is -2.27. The minimum Gasteiger partial charge on any atom is -0.505 e. The Morgan fingerprint density at radius 1 is 1.14 bits per heavy atom. The van der Waals surface area contributed by atoms with Gasteiger partial charge >= 0.3 is 0 Å². The van der Waals surface area contributed by atoms with E-state index >= 15 is 0 Å². The molecule has 0 spiro atoms. The standard InChI is InChI=1S/C21H20ClN5O7S2/c1-10-7-12(35-34-33-29)5-6-13(10)19-24-25-20-16(18(21(2,3)4)26-27(19)20)23-11-8-14(22)17(28)15(9-11)36(30,31)32/h5-9,28-29H,1-4H3,(H,30,31,32). The Morgan fingerprint density at radius 2 is 1.83 bits per heavy atom. The zero-order valence-corrected chi connectivity index (χ0v) is 21.7. The van der Waals surface area contributed by atoms with Crippen molar-refractivity contribution in [2.45, 2.75) is 37.5 Å². The van der Waals surface area contributed by atoms with Crippen molar-refractivity contribution < 1.29 is 32.7 Å². The first-order valence-electron chi connectivity index (χ1n) is 10.2. The Hall–Kier alpha value is -2.85. The first kappa shape index (κ1) is 26.2. The Balaban J connectivity index is 1.85. The SMILES string of the molecule is Cc1cc(SOOO)ccc1-c1nnc2n1N=C(C(C)(C)C)C2=Nc1cc(Cl)c(O)c(S(=O)(=O)O)c1. The van der Waals surface area contributed by atoms with Crippen LogP contribution in [0, 0.1) is 12.3 Å². The lowest BCUT2D eigenvalue weighted by atomic mass is 9.87. The first-order chi connectivity index (χ1) is 16.8. The van der Waals surface area contributed by atoms with Crippen LogP contribution < -0.4 is 0 Å². The molecule has 0 atom stereocenters. The van der Waals surface area contributed by atoms with Crippen LogP contribution in [0.5, 0.6) is 5.75 Å². The number of phenolic OH excluding ortho intramolecular Hbond substituents is 1. The van der Waals surface area contributed by atoms with E-state index < -0.39 is 26.2 Å². The minimum absolute atomic E-state index is 0.0547. The summed E-state index contributed by atoms with van der Waals surface area (Å²) in [7, 11) is -4.76. The maximum absolute atomic E-state index is 11.7. The predicted octanol–water partition coefficient (Wildman–Crippen LogP) is 4.67. The van der Waals surface area contributed by atoms with Crippen LogP contribution in [0.1, 0.15) is 32.2 Å². The second-order valence-electron chi connectivity index (χ2n) is 8.77. The van der Waals surface area contributed by atoms with E-state index in [4.69, 9.17) is 22.0 Å². The molecule has 0 unspecified atom stereocenters. The van der Waals surface area contributed by atoms with Crippen LogP contribution in [0.2, 0.25) is 5.02 Å². The molecule has 3 aromatic rings. The number of benzene rings is 2. The van der Waals surface area contributed by atoms with Gasteiger partial charge in [0.15, 0.2) is 11.6 Å². The molecular weight excluding hydrogens is 534 g/mol. The van der Waals surface area contributed by atoms with Gasteiger partial charge in [0.2, 0.25) is 5.82 Å². The van der Waals surface area contributed by atoms with E-state index in [1.165, 1.54) is 10.7 Å². The van der Waals surface area contributed by atoms with Gasteiger partial charge in [-0.1, -0.05) is 37.4 Å². The molecule has 0 amide bonds. The number of aromatic hydroxyl groups is 1. The Bertz CT molecular complexity index is 1530. The van der Waals surface area contributed by atoms with E-state index in [9.17, 15) is 18.1 Å². The average molecular weight is 554 g/mol. The quantitative estimate of drug-likeness (QED) is 0.169. The molecule has 2 aromatic carbocycles. The highest BCUT2D eigenvalue weighted by Crippen LogP contribution is 2.37. The van der Waals surface area contributed by atoms with Crippen molar-refractivity contribution >= 4 is 50.9 Å². The molecule has 0 saturated heterocycles. The highest BCUT2D eigenvalue weighted by atomic mass is 35.5. The van der Waals surface area contributed by atoms with E-state index in [0.717, 1.165) is 29.2 Å². The molecule has 3 N–H and O–H groups in total. The predicted molar refractivity (Wildman–Crippen MR) is 132 cm³/mol. The molecule has 0 aliphatic carbocycles.